The molecule has 0 unspecified atom stereocenters. The molecule has 0 fully saturated rings. The molecule has 0 heterocycles. The molecule has 0 saturated carbocycles. The molecule has 1 rings (SSSR count). The number of carbonyl (C=O) groups is 1. The molecule has 0 atom stereocenters. The largest absolute Gasteiger partial charge is 0.481 e. The zero-order chi connectivity index (χ0) is 15.3. The predicted octanol–water partition coefficient (Wildman–Crippen LogP) is 0.768. The predicted molar refractivity (Wildman–Crippen MR) is 74.6 cm³/mol. The van der Waals surface area contributed by atoms with E-state index in [2.05, 4.69) is 21.2 Å². The van der Waals surface area contributed by atoms with Crippen molar-refractivity contribution in [2.75, 3.05) is 13.2 Å². The normalized spacial score (nSPS) is 10.7. The van der Waals surface area contributed by atoms with Gasteiger partial charge in [0.2, 0.25) is 10.0 Å². The van der Waals surface area contributed by atoms with Crippen molar-refractivity contribution in [1.29, 1.82) is 5.26 Å². The monoisotopic (exact) mass is 381 g/mol. The lowest BCUT2D eigenvalue weighted by molar-refractivity contribution is -0.122. The van der Waals surface area contributed by atoms with Crippen LogP contribution >= 0.6 is 27.5 Å². The second-order valence-corrected chi connectivity index (χ2v) is 6.34. The Hall–Kier alpha value is -1.34. The average molecular weight is 383 g/mol. The highest BCUT2D eigenvalue weighted by Gasteiger charge is 2.20. The summed E-state index contributed by atoms with van der Waals surface area (Å²) >= 11 is 8.95. The number of nitrogens with two attached hydrogens (primary N) is 1. The number of halogens is 2. The first-order valence-corrected chi connectivity index (χ1v) is 7.75. The SMILES string of the molecule is N#CCNC(=O)COc1c(Cl)cc(Br)cc1S(N)(=O)=O. The molecular formula is C10H9BrClN3O4S. The van der Waals surface area contributed by atoms with Crippen molar-refractivity contribution in [3.05, 3.63) is 21.6 Å². The number of carbonyl (C=O) groups excluding carboxylic acids is 1. The van der Waals surface area contributed by atoms with Crippen molar-refractivity contribution in [3.8, 4) is 11.8 Å². The van der Waals surface area contributed by atoms with Gasteiger partial charge in [-0.1, -0.05) is 27.5 Å². The van der Waals surface area contributed by atoms with Gasteiger partial charge in [-0.25, -0.2) is 13.6 Å². The smallest absolute Gasteiger partial charge is 0.258 e. The standard InChI is InChI=1S/C10H9BrClN3O4S/c11-6-3-7(12)10(8(4-6)20(14,17)18)19-5-9(16)15-2-1-13/h3-4H,2,5H2,(H,15,16)(H2,14,17,18). The van der Waals surface area contributed by atoms with Crippen LogP contribution in [0.5, 0.6) is 5.75 Å². The molecule has 10 heteroatoms. The van der Waals surface area contributed by atoms with E-state index < -0.39 is 22.5 Å². The number of rotatable bonds is 5. The summed E-state index contributed by atoms with van der Waals surface area (Å²) in [6, 6.07) is 4.33. The Balaban J connectivity index is 3.01. The van der Waals surface area contributed by atoms with Crippen LogP contribution in [0, 0.1) is 11.3 Å². The molecule has 7 nitrogen and oxygen atoms in total. The summed E-state index contributed by atoms with van der Waals surface area (Å²) in [7, 11) is -4.07. The summed E-state index contributed by atoms with van der Waals surface area (Å²) in [5.41, 5.74) is 0. The number of primary sulfonamides is 1. The third kappa shape index (κ3) is 4.64. The van der Waals surface area contributed by atoms with Crippen LogP contribution in [0.2, 0.25) is 5.02 Å². The topological polar surface area (TPSA) is 122 Å². The van der Waals surface area contributed by atoms with Gasteiger partial charge < -0.3 is 10.1 Å². The first-order valence-electron chi connectivity index (χ1n) is 5.04. The molecule has 1 aromatic carbocycles. The van der Waals surface area contributed by atoms with Crippen molar-refractivity contribution in [3.63, 3.8) is 0 Å². The molecule has 1 aromatic rings. The third-order valence-corrected chi connectivity index (χ3v) is 3.65. The third-order valence-electron chi connectivity index (χ3n) is 1.99. The summed E-state index contributed by atoms with van der Waals surface area (Å²) in [4.78, 5) is 11.0. The summed E-state index contributed by atoms with van der Waals surface area (Å²) in [5, 5.41) is 15.6. The van der Waals surface area contributed by atoms with E-state index in [0.717, 1.165) is 0 Å². The number of amides is 1. The molecule has 0 saturated heterocycles. The molecule has 0 radical (unpaired) electrons. The lowest BCUT2D eigenvalue weighted by atomic mass is 10.3. The summed E-state index contributed by atoms with van der Waals surface area (Å²) in [6.45, 7) is -0.677. The minimum absolute atomic E-state index is 0.0171. The van der Waals surface area contributed by atoms with Gasteiger partial charge in [-0.3, -0.25) is 4.79 Å². The van der Waals surface area contributed by atoms with E-state index in [1.165, 1.54) is 12.1 Å². The number of benzene rings is 1. The van der Waals surface area contributed by atoms with Gasteiger partial charge in [0.25, 0.3) is 5.91 Å². The number of nitriles is 1. The number of nitrogens with zero attached hydrogens (tertiary/aromatic N) is 1. The van der Waals surface area contributed by atoms with Gasteiger partial charge in [0.1, 0.15) is 11.4 Å². The van der Waals surface area contributed by atoms with E-state index in [9.17, 15) is 13.2 Å². The molecule has 0 aliphatic heterocycles. The van der Waals surface area contributed by atoms with E-state index in [4.69, 9.17) is 26.7 Å². The van der Waals surface area contributed by atoms with Crippen molar-refractivity contribution in [2.24, 2.45) is 5.14 Å². The van der Waals surface area contributed by atoms with Crippen LogP contribution in [-0.2, 0) is 14.8 Å². The van der Waals surface area contributed by atoms with Gasteiger partial charge in [0, 0.05) is 4.47 Å². The van der Waals surface area contributed by atoms with E-state index in [-0.39, 0.29) is 22.2 Å². The minimum atomic E-state index is -4.07. The first kappa shape index (κ1) is 16.7. The van der Waals surface area contributed by atoms with Gasteiger partial charge in [-0.2, -0.15) is 5.26 Å². The van der Waals surface area contributed by atoms with Crippen molar-refractivity contribution in [1.82, 2.24) is 5.32 Å². The highest BCUT2D eigenvalue weighted by molar-refractivity contribution is 9.10. The van der Waals surface area contributed by atoms with Gasteiger partial charge in [-0.15, -0.1) is 0 Å². The van der Waals surface area contributed by atoms with E-state index >= 15 is 0 Å². The quantitative estimate of drug-likeness (QED) is 0.728. The van der Waals surface area contributed by atoms with E-state index in [1.807, 2.05) is 0 Å². The average Bonchev–Trinajstić information content (AvgIpc) is 2.33. The maximum Gasteiger partial charge on any atom is 0.258 e. The maximum absolute atomic E-state index is 11.4. The van der Waals surface area contributed by atoms with E-state index in [0.29, 0.717) is 4.47 Å². The Morgan fingerprint density at radius 2 is 2.20 bits per heavy atom. The summed E-state index contributed by atoms with van der Waals surface area (Å²) < 4.78 is 28.4. The van der Waals surface area contributed by atoms with E-state index in [1.54, 1.807) is 6.07 Å². The molecular weight excluding hydrogens is 374 g/mol. The minimum Gasteiger partial charge on any atom is -0.481 e. The molecule has 20 heavy (non-hydrogen) atoms. The van der Waals surface area contributed by atoms with Gasteiger partial charge >= 0.3 is 0 Å². The van der Waals surface area contributed by atoms with Crippen LogP contribution in [0.1, 0.15) is 0 Å². The Labute approximate surface area is 128 Å². The number of hydrogen-bond acceptors (Lipinski definition) is 5. The zero-order valence-corrected chi connectivity index (χ0v) is 13.0. The van der Waals surface area contributed by atoms with Crippen LogP contribution in [-0.4, -0.2) is 27.5 Å². The first-order chi connectivity index (χ1) is 9.25. The number of sulfonamides is 1. The molecule has 0 bridgehead atoms. The lowest BCUT2D eigenvalue weighted by Crippen LogP contribution is -2.29. The maximum atomic E-state index is 11.4. The zero-order valence-electron chi connectivity index (χ0n) is 9.89. The van der Waals surface area contributed by atoms with Gasteiger partial charge in [0.15, 0.2) is 12.4 Å². The van der Waals surface area contributed by atoms with Crippen LogP contribution < -0.4 is 15.2 Å². The number of hydrogen-bond donors (Lipinski definition) is 2. The number of ether oxygens (including phenoxy) is 1. The molecule has 0 spiro atoms. The molecule has 3 N–H and O–H groups in total. The second kappa shape index (κ2) is 6.90. The Bertz CT molecular complexity index is 672. The molecule has 0 aliphatic rings. The van der Waals surface area contributed by atoms with Crippen molar-refractivity contribution in [2.45, 2.75) is 4.90 Å². The van der Waals surface area contributed by atoms with Crippen LogP contribution in [0.4, 0.5) is 0 Å². The van der Waals surface area contributed by atoms with Gasteiger partial charge in [-0.05, 0) is 12.1 Å². The fraction of sp³-hybridized carbons (Fsp3) is 0.200. The second-order valence-electron chi connectivity index (χ2n) is 3.48. The van der Waals surface area contributed by atoms with Gasteiger partial charge in [0.05, 0.1) is 11.1 Å². The lowest BCUT2D eigenvalue weighted by Gasteiger charge is -2.12. The Morgan fingerprint density at radius 3 is 2.75 bits per heavy atom. The fourth-order valence-electron chi connectivity index (χ4n) is 1.22. The Kier molecular flexibility index (Phi) is 5.76. The van der Waals surface area contributed by atoms with Crippen molar-refractivity contribution >= 4 is 43.5 Å². The highest BCUT2D eigenvalue weighted by Crippen LogP contribution is 2.34. The van der Waals surface area contributed by atoms with Crippen LogP contribution in [0.25, 0.3) is 0 Å². The summed E-state index contributed by atoms with van der Waals surface area (Å²) in [5.74, 6) is -0.810. The molecule has 1 amide bonds. The number of nitrogens with one attached hydrogen (secondary N) is 1. The highest BCUT2D eigenvalue weighted by atomic mass is 79.9. The van der Waals surface area contributed by atoms with Crippen LogP contribution in [0.3, 0.4) is 0 Å². The Morgan fingerprint density at radius 1 is 1.55 bits per heavy atom. The fourth-order valence-corrected chi connectivity index (χ4v) is 3.00. The van der Waals surface area contributed by atoms with Crippen LogP contribution in [0.15, 0.2) is 21.5 Å². The summed E-state index contributed by atoms with van der Waals surface area (Å²) in [6.07, 6.45) is 0. The van der Waals surface area contributed by atoms with Crippen molar-refractivity contribution < 1.29 is 17.9 Å². The molecule has 0 aliphatic carbocycles. The molecule has 0 aromatic heterocycles. The molecule has 108 valence electrons.